The van der Waals surface area contributed by atoms with Crippen LogP contribution >= 0.6 is 0 Å². The molecule has 11 nitrogen and oxygen atoms in total. The zero-order valence-corrected chi connectivity index (χ0v) is 26.9. The molecule has 11 heteroatoms. The average Bonchev–Trinajstić information content (AvgIpc) is 3.54. The molecule has 0 radical (unpaired) electrons. The molecule has 248 valence electrons. The molecule has 2 N–H and O–H groups in total. The van der Waals surface area contributed by atoms with Crippen LogP contribution in [0.4, 0.5) is 4.79 Å². The first-order chi connectivity index (χ1) is 22.5. The maximum absolute atomic E-state index is 13.3. The molecular weight excluding hydrogens is 588 g/mol. The Kier molecular flexibility index (Phi) is 12.0. The van der Waals surface area contributed by atoms with Crippen LogP contribution in [0.1, 0.15) is 85.9 Å². The Balaban J connectivity index is 1.17. The zero-order chi connectivity index (χ0) is 32.2. The molecule has 3 aromatic rings. The molecule has 0 aliphatic carbocycles. The highest BCUT2D eigenvalue weighted by atomic mass is 16.7. The van der Waals surface area contributed by atoms with Gasteiger partial charge in [-0.3, -0.25) is 9.69 Å². The lowest BCUT2D eigenvalue weighted by Gasteiger charge is -2.46. The summed E-state index contributed by atoms with van der Waals surface area (Å²) in [6.45, 7) is 8.43. The summed E-state index contributed by atoms with van der Waals surface area (Å²) >= 11 is 0. The number of oxazole rings is 1. The van der Waals surface area contributed by atoms with Crippen molar-refractivity contribution in [1.82, 2.24) is 20.5 Å². The van der Waals surface area contributed by atoms with Gasteiger partial charge in [0.05, 0.1) is 6.04 Å². The van der Waals surface area contributed by atoms with Gasteiger partial charge in [-0.2, -0.15) is 0 Å². The number of nitrogens with zero attached hydrogens (tertiary/aromatic N) is 2. The van der Waals surface area contributed by atoms with E-state index in [0.717, 1.165) is 56.4 Å². The van der Waals surface area contributed by atoms with Gasteiger partial charge in [0.25, 0.3) is 5.91 Å². The summed E-state index contributed by atoms with van der Waals surface area (Å²) < 4.78 is 28.7. The molecule has 5 rings (SSSR count). The van der Waals surface area contributed by atoms with Crippen LogP contribution in [0.15, 0.2) is 65.3 Å². The largest absolute Gasteiger partial charge is 0.484 e. The Morgan fingerprint density at radius 1 is 1.00 bits per heavy atom. The lowest BCUT2D eigenvalue weighted by molar-refractivity contribution is -0.139. The first kappa shape index (κ1) is 33.4. The number of carbonyl (C=O) groups excluding carboxylic acids is 2. The molecule has 1 atom stereocenters. The number of benzene rings is 2. The van der Waals surface area contributed by atoms with E-state index >= 15 is 0 Å². The summed E-state index contributed by atoms with van der Waals surface area (Å²) in [6.07, 6.45) is 5.88. The minimum atomic E-state index is -0.439. The third-order valence-electron chi connectivity index (χ3n) is 8.37. The molecule has 2 aliphatic rings. The molecule has 46 heavy (non-hydrogen) atoms. The Labute approximate surface area is 270 Å². The van der Waals surface area contributed by atoms with Gasteiger partial charge < -0.3 is 34.0 Å². The minimum absolute atomic E-state index is 0.0334. The number of fused-ring (bicyclic) bond motifs is 2. The Morgan fingerprint density at radius 3 is 2.48 bits per heavy atom. The second-order valence-corrected chi connectivity index (χ2v) is 11.8. The van der Waals surface area contributed by atoms with Crippen molar-refractivity contribution in [2.75, 3.05) is 39.4 Å². The highest BCUT2D eigenvalue weighted by Crippen LogP contribution is 2.34. The predicted octanol–water partition coefficient (Wildman–Crippen LogP) is 5.61. The smallest absolute Gasteiger partial charge is 0.408 e. The minimum Gasteiger partial charge on any atom is -0.484 e. The van der Waals surface area contributed by atoms with E-state index in [0.29, 0.717) is 38.3 Å². The number of amides is 2. The lowest BCUT2D eigenvalue weighted by atomic mass is 9.84. The number of carbonyl (C=O) groups is 2. The number of alkyl carbamates (subject to hydrolysis) is 1. The van der Waals surface area contributed by atoms with Crippen LogP contribution < -0.4 is 15.4 Å². The number of nitrogens with one attached hydrogen (secondary N) is 2. The quantitative estimate of drug-likeness (QED) is 0.153. The summed E-state index contributed by atoms with van der Waals surface area (Å²) in [5.74, 6) is 0.529. The monoisotopic (exact) mass is 634 g/mol. The second-order valence-electron chi connectivity index (χ2n) is 11.8. The molecule has 2 aromatic carbocycles. The number of hydrogen-bond donors (Lipinski definition) is 2. The molecule has 2 saturated heterocycles. The Hall–Kier alpha value is -3.93. The van der Waals surface area contributed by atoms with E-state index in [4.69, 9.17) is 23.4 Å². The van der Waals surface area contributed by atoms with Crippen molar-refractivity contribution in [3.05, 3.63) is 83.6 Å². The molecule has 3 heterocycles. The van der Waals surface area contributed by atoms with Gasteiger partial charge in [-0.1, -0.05) is 42.5 Å². The van der Waals surface area contributed by atoms with Gasteiger partial charge in [-0.25, -0.2) is 9.78 Å². The van der Waals surface area contributed by atoms with E-state index < -0.39 is 17.7 Å². The molecule has 2 bridgehead atoms. The molecule has 1 aromatic heterocycles. The second kappa shape index (κ2) is 16.6. The van der Waals surface area contributed by atoms with E-state index in [2.05, 4.69) is 20.5 Å². The number of ether oxygens (including phenoxy) is 4. The normalized spacial score (nSPS) is 19.8. The molecular formula is C35H46N4O7. The van der Waals surface area contributed by atoms with Crippen LogP contribution in [0, 0.1) is 0 Å². The van der Waals surface area contributed by atoms with E-state index in [9.17, 15) is 9.59 Å². The van der Waals surface area contributed by atoms with Crippen molar-refractivity contribution in [3.63, 3.8) is 0 Å². The summed E-state index contributed by atoms with van der Waals surface area (Å²) in [4.78, 5) is 32.6. The van der Waals surface area contributed by atoms with Crippen molar-refractivity contribution in [2.45, 2.75) is 76.9 Å². The summed E-state index contributed by atoms with van der Waals surface area (Å²) in [7, 11) is 0. The van der Waals surface area contributed by atoms with Gasteiger partial charge in [0, 0.05) is 32.7 Å². The first-order valence-electron chi connectivity index (χ1n) is 16.4. The Morgan fingerprint density at radius 2 is 1.74 bits per heavy atom. The highest BCUT2D eigenvalue weighted by molar-refractivity contribution is 5.91. The van der Waals surface area contributed by atoms with E-state index in [1.165, 1.54) is 6.26 Å². The average molecular weight is 635 g/mol. The van der Waals surface area contributed by atoms with Crippen LogP contribution in [-0.4, -0.2) is 73.2 Å². The number of hydrogen-bond acceptors (Lipinski definition) is 9. The predicted molar refractivity (Wildman–Crippen MR) is 171 cm³/mol. The molecule has 2 amide bonds. The van der Waals surface area contributed by atoms with Crippen LogP contribution in [0.5, 0.6) is 5.75 Å². The van der Waals surface area contributed by atoms with Gasteiger partial charge >= 0.3 is 6.09 Å². The van der Waals surface area contributed by atoms with Crippen LogP contribution in [-0.2, 0) is 20.8 Å². The van der Waals surface area contributed by atoms with E-state index in [-0.39, 0.29) is 30.4 Å². The topological polar surface area (TPSA) is 124 Å². The first-order valence-corrected chi connectivity index (χ1v) is 16.4. The maximum Gasteiger partial charge on any atom is 0.408 e. The fourth-order valence-corrected chi connectivity index (χ4v) is 6.25. The highest BCUT2D eigenvalue weighted by Gasteiger charge is 2.41. The van der Waals surface area contributed by atoms with Crippen molar-refractivity contribution in [3.8, 4) is 5.75 Å². The van der Waals surface area contributed by atoms with E-state index in [1.54, 1.807) is 0 Å². The molecule has 2 fully saturated rings. The third-order valence-corrected chi connectivity index (χ3v) is 8.37. The number of piperidine rings is 2. The Bertz CT molecular complexity index is 1380. The zero-order valence-electron chi connectivity index (χ0n) is 26.9. The molecule has 0 saturated carbocycles. The van der Waals surface area contributed by atoms with Crippen molar-refractivity contribution < 1.29 is 33.0 Å². The molecule has 0 spiro atoms. The van der Waals surface area contributed by atoms with Gasteiger partial charge in [-0.15, -0.1) is 0 Å². The van der Waals surface area contributed by atoms with Crippen molar-refractivity contribution >= 4 is 12.0 Å². The fourth-order valence-electron chi connectivity index (χ4n) is 6.25. The summed E-state index contributed by atoms with van der Waals surface area (Å²) in [5, 5.41) is 5.98. The van der Waals surface area contributed by atoms with Crippen LogP contribution in [0.2, 0.25) is 0 Å². The van der Waals surface area contributed by atoms with Gasteiger partial charge in [0.2, 0.25) is 5.89 Å². The molecule has 0 unspecified atom stereocenters. The van der Waals surface area contributed by atoms with Crippen molar-refractivity contribution in [1.29, 1.82) is 0 Å². The van der Waals surface area contributed by atoms with E-state index in [1.807, 2.05) is 68.4 Å². The third kappa shape index (κ3) is 9.31. The number of rotatable bonds is 16. The van der Waals surface area contributed by atoms with Crippen LogP contribution in [0.3, 0.4) is 0 Å². The summed E-state index contributed by atoms with van der Waals surface area (Å²) in [5.41, 5.74) is 1.53. The maximum atomic E-state index is 13.3. The number of aromatic nitrogens is 1. The standard InChI is InChI=1S/C35H46N4O7/c1-3-42-31(43-4-2)16-9-19-36-33(40)29-23-45-30(37-29)24-44-28-15-8-14-27(22-28)32(26-12-6-5-7-13-26)38-34(41)46-35-17-10-20-39(25-35)21-11-18-35/h5-8,12-15,22-23,31-32H,3-4,9-11,16-21,24-25H2,1-2H3,(H,36,40)(H,38,41)/t32-/m0/s1. The fraction of sp³-hybridized carbons (Fsp3) is 0.514. The summed E-state index contributed by atoms with van der Waals surface area (Å²) in [6, 6.07) is 16.9. The SMILES string of the molecule is CCOC(CCCNC(=O)c1coc(COc2cccc([C@@H](NC(=O)OC34CCCN(CCC3)C4)c3ccccc3)c2)n1)OCC. The lowest BCUT2D eigenvalue weighted by Crippen LogP contribution is -2.55. The van der Waals surface area contributed by atoms with Gasteiger partial charge in [-0.05, 0) is 82.3 Å². The van der Waals surface area contributed by atoms with Crippen molar-refractivity contribution in [2.24, 2.45) is 0 Å². The van der Waals surface area contributed by atoms with Gasteiger partial charge in [0.1, 0.15) is 17.6 Å². The van der Waals surface area contributed by atoms with Gasteiger partial charge in [0.15, 0.2) is 18.6 Å². The molecule has 2 aliphatic heterocycles. The van der Waals surface area contributed by atoms with Crippen LogP contribution in [0.25, 0.3) is 0 Å².